The lowest BCUT2D eigenvalue weighted by atomic mass is 9.88. The Labute approximate surface area is 235 Å². The Balaban J connectivity index is 1.61. The topological polar surface area (TPSA) is 165 Å². The molecule has 41 heavy (non-hydrogen) atoms. The lowest BCUT2D eigenvalue weighted by Gasteiger charge is -2.29. The molecule has 0 amide bonds. The van der Waals surface area contributed by atoms with Gasteiger partial charge in [0.2, 0.25) is 11.8 Å². The molecule has 1 aliphatic rings. The first-order valence-electron chi connectivity index (χ1n) is 12.9. The molecule has 4 rings (SSSR count). The van der Waals surface area contributed by atoms with Gasteiger partial charge in [0.15, 0.2) is 28.9 Å². The summed E-state index contributed by atoms with van der Waals surface area (Å²) in [6.45, 7) is 6.14. The largest absolute Gasteiger partial charge is 0.462 e. The van der Waals surface area contributed by atoms with Gasteiger partial charge in [-0.15, -0.1) is 0 Å². The molecule has 1 fully saturated rings. The van der Waals surface area contributed by atoms with E-state index in [4.69, 9.17) is 24.3 Å². The first-order valence-corrected chi connectivity index (χ1v) is 14.4. The van der Waals surface area contributed by atoms with Crippen LogP contribution in [-0.2, 0) is 23.4 Å². The van der Waals surface area contributed by atoms with E-state index in [2.05, 4.69) is 25.4 Å². The minimum atomic E-state index is -4.45. The number of hydrogen-bond acceptors (Lipinski definition) is 11. The van der Waals surface area contributed by atoms with Gasteiger partial charge in [-0.05, 0) is 39.8 Å². The molecule has 4 N–H and O–H groups in total. The molecule has 0 aliphatic carbocycles. The average molecular weight is 598 g/mol. The van der Waals surface area contributed by atoms with E-state index in [0.29, 0.717) is 5.82 Å². The minimum absolute atomic E-state index is 0.111. The number of halogens is 2. The Morgan fingerprint density at radius 3 is 2.56 bits per heavy atom. The van der Waals surface area contributed by atoms with Crippen molar-refractivity contribution in [2.45, 2.75) is 64.5 Å². The number of alkyl halides is 2. The van der Waals surface area contributed by atoms with E-state index >= 15 is 8.78 Å². The summed E-state index contributed by atoms with van der Waals surface area (Å²) in [4.78, 5) is 24.8. The van der Waals surface area contributed by atoms with Crippen LogP contribution in [0, 0.1) is 5.92 Å². The van der Waals surface area contributed by atoms with E-state index in [1.54, 1.807) is 39.1 Å². The van der Waals surface area contributed by atoms with Crippen LogP contribution in [0.2, 0.25) is 0 Å². The van der Waals surface area contributed by atoms with Gasteiger partial charge in [0.1, 0.15) is 18.4 Å². The zero-order chi connectivity index (χ0) is 30.2. The Morgan fingerprint density at radius 2 is 1.93 bits per heavy atom. The van der Waals surface area contributed by atoms with Crippen molar-refractivity contribution < 1.29 is 36.7 Å². The third kappa shape index (κ3) is 6.27. The van der Waals surface area contributed by atoms with E-state index in [1.165, 1.54) is 43.8 Å². The predicted molar refractivity (Wildman–Crippen MR) is 146 cm³/mol. The molecule has 2 aromatic heterocycles. The number of nitrogens with zero attached hydrogens (tertiary/aromatic N) is 4. The molecular formula is C25H34F2N7O6P. The second-order valence-corrected chi connectivity index (χ2v) is 11.8. The van der Waals surface area contributed by atoms with Crippen LogP contribution >= 0.6 is 7.75 Å². The van der Waals surface area contributed by atoms with E-state index in [-0.39, 0.29) is 22.9 Å². The van der Waals surface area contributed by atoms with Crippen molar-refractivity contribution in [2.24, 2.45) is 5.92 Å². The number of nitrogen functional groups attached to an aromatic ring is 1. The Kier molecular flexibility index (Phi) is 8.55. The molecule has 1 unspecified atom stereocenters. The lowest BCUT2D eigenvalue weighted by Crippen LogP contribution is -2.41. The van der Waals surface area contributed by atoms with Crippen LogP contribution in [0.25, 0.3) is 11.2 Å². The van der Waals surface area contributed by atoms with Crippen molar-refractivity contribution >= 4 is 36.6 Å². The third-order valence-electron chi connectivity index (χ3n) is 6.67. The van der Waals surface area contributed by atoms with Gasteiger partial charge in [0.25, 0.3) is 0 Å². The molecule has 1 aromatic carbocycles. The summed E-state index contributed by atoms with van der Waals surface area (Å²) in [6, 6.07) is 6.80. The maximum atomic E-state index is 16.4. The van der Waals surface area contributed by atoms with Crippen molar-refractivity contribution in [3.05, 3.63) is 36.7 Å². The number of esters is 1. The maximum absolute atomic E-state index is 16.4. The Hall–Kier alpha value is -3.39. The van der Waals surface area contributed by atoms with Crippen LogP contribution in [0.15, 0.2) is 36.7 Å². The second-order valence-electron chi connectivity index (χ2n) is 10.1. The minimum Gasteiger partial charge on any atom is -0.462 e. The second kappa shape index (κ2) is 11.5. The van der Waals surface area contributed by atoms with Crippen molar-refractivity contribution in [3.63, 3.8) is 0 Å². The first kappa shape index (κ1) is 30.6. The highest BCUT2D eigenvalue weighted by Crippen LogP contribution is 2.54. The van der Waals surface area contributed by atoms with Crippen molar-refractivity contribution in [1.82, 2.24) is 24.6 Å². The summed E-state index contributed by atoms with van der Waals surface area (Å²) in [6.07, 6.45) is -0.751. The molecule has 224 valence electrons. The number of rotatable bonds is 11. The van der Waals surface area contributed by atoms with Crippen LogP contribution in [-0.4, -0.2) is 62.8 Å². The third-order valence-corrected chi connectivity index (χ3v) is 8.29. The standard InChI is InChI=1S/C25H34F2N7O6P/c1-14(2)38-21(35)15(3)33-41(36,40-17-10-8-7-9-11-17)37-12-25(27)16(4)24(5,26)22(39-25)34-13-30-18-19(29-6)31-23(28)32-20(18)34/h7-11,13-16,22H,12H2,1-6H3,(H,33,36)(H3,28,29,31,32)/t15-,16-,22+,24+,25+,41?/m0/s1. The quantitative estimate of drug-likeness (QED) is 0.214. The molecule has 1 saturated heterocycles. The highest BCUT2D eigenvalue weighted by Gasteiger charge is 2.63. The van der Waals surface area contributed by atoms with Gasteiger partial charge in [0.05, 0.1) is 18.3 Å². The van der Waals surface area contributed by atoms with Gasteiger partial charge >= 0.3 is 13.7 Å². The van der Waals surface area contributed by atoms with E-state index in [0.717, 1.165) is 0 Å². The smallest absolute Gasteiger partial charge is 0.459 e. The SMILES string of the molecule is CNc1nc(N)nc2c1ncn2[C@@H]1O[C@](F)(COP(=O)(N[C@@H](C)C(=O)OC(C)C)Oc2ccccc2)[C@@H](C)[C@@]1(C)F. The highest BCUT2D eigenvalue weighted by molar-refractivity contribution is 7.52. The number of ether oxygens (including phenoxy) is 2. The first-order chi connectivity index (χ1) is 19.2. The van der Waals surface area contributed by atoms with Crippen LogP contribution in [0.4, 0.5) is 20.5 Å². The molecule has 3 aromatic rings. The number of carbonyl (C=O) groups is 1. The fraction of sp³-hybridized carbons (Fsp3) is 0.520. The number of carbonyl (C=O) groups excluding carboxylic acids is 1. The fourth-order valence-corrected chi connectivity index (χ4v) is 5.82. The van der Waals surface area contributed by atoms with Crippen LogP contribution in [0.3, 0.4) is 0 Å². The van der Waals surface area contributed by atoms with Crippen molar-refractivity contribution in [2.75, 3.05) is 24.7 Å². The number of hydrogen-bond donors (Lipinski definition) is 3. The highest BCUT2D eigenvalue weighted by atomic mass is 31.2. The molecule has 13 nitrogen and oxygen atoms in total. The molecule has 6 atom stereocenters. The fourth-order valence-electron chi connectivity index (χ4n) is 4.31. The van der Waals surface area contributed by atoms with Crippen LogP contribution < -0.4 is 20.7 Å². The molecule has 0 bridgehead atoms. The maximum Gasteiger partial charge on any atom is 0.459 e. The number of nitrogens with two attached hydrogens (primary N) is 1. The van der Waals surface area contributed by atoms with Crippen molar-refractivity contribution in [1.29, 1.82) is 0 Å². The molecule has 0 saturated carbocycles. The van der Waals surface area contributed by atoms with Gasteiger partial charge in [-0.1, -0.05) is 25.1 Å². The van der Waals surface area contributed by atoms with Gasteiger partial charge in [0, 0.05) is 7.05 Å². The van der Waals surface area contributed by atoms with Gasteiger partial charge in [-0.25, -0.2) is 18.3 Å². The number of aromatic nitrogens is 4. The van der Waals surface area contributed by atoms with Gasteiger partial charge < -0.3 is 25.0 Å². The predicted octanol–water partition coefficient (Wildman–Crippen LogP) is 4.14. The van der Waals surface area contributed by atoms with E-state index < -0.39 is 56.1 Å². The molecule has 1 aliphatic heterocycles. The Bertz CT molecular complexity index is 1440. The summed E-state index contributed by atoms with van der Waals surface area (Å²) in [7, 11) is -2.85. The number of imidazole rings is 1. The molecule has 0 radical (unpaired) electrons. The monoisotopic (exact) mass is 597 g/mol. The summed E-state index contributed by atoms with van der Waals surface area (Å²) in [5.74, 6) is -4.66. The summed E-state index contributed by atoms with van der Waals surface area (Å²) in [5.41, 5.74) is 3.87. The van der Waals surface area contributed by atoms with Crippen molar-refractivity contribution in [3.8, 4) is 5.75 Å². The number of para-hydroxylation sites is 1. The average Bonchev–Trinajstić information content (AvgIpc) is 3.39. The Morgan fingerprint density at radius 1 is 1.24 bits per heavy atom. The van der Waals surface area contributed by atoms with Crippen LogP contribution in [0.5, 0.6) is 5.75 Å². The van der Waals surface area contributed by atoms with Gasteiger partial charge in [-0.2, -0.15) is 15.1 Å². The van der Waals surface area contributed by atoms with Gasteiger partial charge in [-0.3, -0.25) is 13.9 Å². The zero-order valence-electron chi connectivity index (χ0n) is 23.5. The number of benzene rings is 1. The zero-order valence-corrected chi connectivity index (χ0v) is 24.4. The summed E-state index contributed by atoms with van der Waals surface area (Å²) >= 11 is 0. The number of fused-ring (bicyclic) bond motifs is 1. The molecule has 16 heteroatoms. The normalized spacial score (nSPS) is 26.6. The van der Waals surface area contributed by atoms with E-state index in [1.807, 2.05) is 0 Å². The van der Waals surface area contributed by atoms with E-state index in [9.17, 15) is 9.36 Å². The summed E-state index contributed by atoms with van der Waals surface area (Å²) in [5, 5.41) is 5.30. The summed E-state index contributed by atoms with van der Waals surface area (Å²) < 4.78 is 69.5. The lowest BCUT2D eigenvalue weighted by molar-refractivity contribution is -0.188. The molecule has 0 spiro atoms. The molecular weight excluding hydrogens is 563 g/mol. The number of anilines is 2. The van der Waals surface area contributed by atoms with Crippen LogP contribution in [0.1, 0.15) is 40.8 Å². The molecule has 3 heterocycles. The number of nitrogens with one attached hydrogen (secondary N) is 2.